The van der Waals surface area contributed by atoms with Crippen LogP contribution in [0.15, 0.2) is 0 Å². The minimum Gasteiger partial charge on any atom is -0.481 e. The molecule has 0 radical (unpaired) electrons. The number of carbonyl (C=O) groups is 2. The van der Waals surface area contributed by atoms with Crippen LogP contribution in [0.25, 0.3) is 0 Å². The Kier molecular flexibility index (Phi) is 4.46. The Morgan fingerprint density at radius 2 is 1.86 bits per heavy atom. The Balaban J connectivity index is 1.85. The lowest BCUT2D eigenvalue weighted by Gasteiger charge is -2.27. The van der Waals surface area contributed by atoms with Crippen molar-refractivity contribution in [2.75, 3.05) is 32.7 Å². The zero-order chi connectivity index (χ0) is 15.7. The summed E-state index contributed by atoms with van der Waals surface area (Å²) in [5, 5.41) is 8.76. The number of nitrogens with zero attached hydrogens (tertiary/aromatic N) is 2. The number of carbonyl (C=O) groups excluding carboxylic acids is 1. The van der Waals surface area contributed by atoms with Crippen molar-refractivity contribution in [2.45, 2.75) is 45.6 Å². The van der Waals surface area contributed by atoms with Gasteiger partial charge in [-0.25, -0.2) is 4.79 Å². The molecule has 0 aromatic rings. The lowest BCUT2D eigenvalue weighted by molar-refractivity contribution is -0.137. The van der Waals surface area contributed by atoms with Crippen LogP contribution in [0.1, 0.15) is 40.0 Å². The molecule has 6 nitrogen and oxygen atoms in total. The van der Waals surface area contributed by atoms with Gasteiger partial charge >= 0.3 is 12.1 Å². The number of rotatable bonds is 3. The Bertz CT molecular complexity index is 418. The molecule has 2 rings (SSSR count). The first-order valence-corrected chi connectivity index (χ1v) is 7.61. The third-order valence-electron chi connectivity index (χ3n) is 4.25. The summed E-state index contributed by atoms with van der Waals surface area (Å²) >= 11 is 0. The van der Waals surface area contributed by atoms with Crippen molar-refractivity contribution in [3.63, 3.8) is 0 Å². The van der Waals surface area contributed by atoms with Gasteiger partial charge in [-0.3, -0.25) is 4.79 Å². The molecule has 2 aliphatic heterocycles. The van der Waals surface area contributed by atoms with Gasteiger partial charge in [0.15, 0.2) is 0 Å². The van der Waals surface area contributed by atoms with Crippen LogP contribution >= 0.6 is 0 Å². The highest BCUT2D eigenvalue weighted by Crippen LogP contribution is 2.39. The fraction of sp³-hybridized carbons (Fsp3) is 0.867. The lowest BCUT2D eigenvalue weighted by atomic mass is 9.86. The summed E-state index contributed by atoms with van der Waals surface area (Å²) in [6, 6.07) is 0. The minimum atomic E-state index is -0.752. The third-order valence-corrected chi connectivity index (χ3v) is 4.25. The van der Waals surface area contributed by atoms with E-state index in [1.807, 2.05) is 20.8 Å². The SMILES string of the molecule is CC(C)(C)OC(=O)N1CCC2(CCN(CCC(=O)O)C2)C1. The van der Waals surface area contributed by atoms with Crippen LogP contribution in [-0.2, 0) is 9.53 Å². The fourth-order valence-electron chi connectivity index (χ4n) is 3.22. The van der Waals surface area contributed by atoms with Gasteiger partial charge in [0, 0.05) is 31.6 Å². The van der Waals surface area contributed by atoms with E-state index in [1.54, 1.807) is 4.90 Å². The quantitative estimate of drug-likeness (QED) is 0.860. The zero-order valence-corrected chi connectivity index (χ0v) is 13.2. The smallest absolute Gasteiger partial charge is 0.410 e. The fourth-order valence-corrected chi connectivity index (χ4v) is 3.22. The molecule has 2 saturated heterocycles. The van der Waals surface area contributed by atoms with Gasteiger partial charge in [-0.15, -0.1) is 0 Å². The topological polar surface area (TPSA) is 70.1 Å². The van der Waals surface area contributed by atoms with Gasteiger partial charge in [-0.1, -0.05) is 0 Å². The van der Waals surface area contributed by atoms with Gasteiger partial charge in [0.05, 0.1) is 6.42 Å². The second-order valence-electron chi connectivity index (χ2n) is 7.32. The van der Waals surface area contributed by atoms with Gasteiger partial charge < -0.3 is 19.6 Å². The zero-order valence-electron chi connectivity index (χ0n) is 13.2. The van der Waals surface area contributed by atoms with E-state index < -0.39 is 11.6 Å². The maximum atomic E-state index is 12.1. The molecule has 2 fully saturated rings. The number of likely N-dealkylation sites (tertiary alicyclic amines) is 2. The van der Waals surface area contributed by atoms with Gasteiger partial charge in [0.25, 0.3) is 0 Å². The Morgan fingerprint density at radius 3 is 2.48 bits per heavy atom. The van der Waals surface area contributed by atoms with E-state index in [1.165, 1.54) is 0 Å². The highest BCUT2D eigenvalue weighted by atomic mass is 16.6. The van der Waals surface area contributed by atoms with Crippen molar-refractivity contribution in [2.24, 2.45) is 5.41 Å². The summed E-state index contributed by atoms with van der Waals surface area (Å²) in [6.45, 7) is 9.51. The number of carboxylic acids is 1. The van der Waals surface area contributed by atoms with Crippen molar-refractivity contribution in [3.05, 3.63) is 0 Å². The molecule has 21 heavy (non-hydrogen) atoms. The average Bonchev–Trinajstić information content (AvgIpc) is 2.93. The van der Waals surface area contributed by atoms with Gasteiger partial charge in [-0.05, 0) is 40.2 Å². The Morgan fingerprint density at radius 1 is 1.19 bits per heavy atom. The van der Waals surface area contributed by atoms with E-state index in [-0.39, 0.29) is 17.9 Å². The summed E-state index contributed by atoms with van der Waals surface area (Å²) in [5.74, 6) is -0.752. The van der Waals surface area contributed by atoms with Crippen LogP contribution in [-0.4, -0.2) is 65.3 Å². The van der Waals surface area contributed by atoms with E-state index in [0.717, 1.165) is 39.0 Å². The molecule has 1 unspecified atom stereocenters. The molecular weight excluding hydrogens is 272 g/mol. The van der Waals surface area contributed by atoms with Crippen molar-refractivity contribution < 1.29 is 19.4 Å². The molecule has 6 heteroatoms. The molecule has 0 aromatic carbocycles. The monoisotopic (exact) mass is 298 g/mol. The van der Waals surface area contributed by atoms with Crippen LogP contribution in [0.5, 0.6) is 0 Å². The molecule has 1 atom stereocenters. The number of ether oxygens (including phenoxy) is 1. The molecule has 1 spiro atoms. The van der Waals surface area contributed by atoms with E-state index >= 15 is 0 Å². The second-order valence-corrected chi connectivity index (χ2v) is 7.32. The van der Waals surface area contributed by atoms with Crippen molar-refractivity contribution in [1.82, 2.24) is 9.80 Å². The Hall–Kier alpha value is -1.30. The highest BCUT2D eigenvalue weighted by Gasteiger charge is 2.45. The first-order chi connectivity index (χ1) is 9.69. The average molecular weight is 298 g/mol. The molecule has 0 bridgehead atoms. The number of carboxylic acid groups (broad SMARTS) is 1. The van der Waals surface area contributed by atoms with Crippen LogP contribution < -0.4 is 0 Å². The summed E-state index contributed by atoms with van der Waals surface area (Å²) in [5.41, 5.74) is -0.328. The summed E-state index contributed by atoms with van der Waals surface area (Å²) in [6.07, 6.45) is 1.97. The Labute approximate surface area is 126 Å². The van der Waals surface area contributed by atoms with Crippen molar-refractivity contribution >= 4 is 12.1 Å². The van der Waals surface area contributed by atoms with Gasteiger partial charge in [-0.2, -0.15) is 0 Å². The number of hydrogen-bond acceptors (Lipinski definition) is 4. The van der Waals surface area contributed by atoms with Crippen LogP contribution in [0, 0.1) is 5.41 Å². The maximum Gasteiger partial charge on any atom is 0.410 e. The highest BCUT2D eigenvalue weighted by molar-refractivity contribution is 5.68. The van der Waals surface area contributed by atoms with Gasteiger partial charge in [0.2, 0.25) is 0 Å². The van der Waals surface area contributed by atoms with E-state index in [2.05, 4.69) is 4.90 Å². The normalized spacial score (nSPS) is 26.5. The minimum absolute atomic E-state index is 0.134. The number of hydrogen-bond donors (Lipinski definition) is 1. The molecule has 1 amide bonds. The molecular formula is C15H26N2O4. The van der Waals surface area contributed by atoms with Crippen LogP contribution in [0.4, 0.5) is 4.79 Å². The second kappa shape index (κ2) is 5.83. The van der Waals surface area contributed by atoms with Crippen LogP contribution in [0.3, 0.4) is 0 Å². The van der Waals surface area contributed by atoms with E-state index in [9.17, 15) is 9.59 Å². The molecule has 1 N–H and O–H groups in total. The van der Waals surface area contributed by atoms with Crippen LogP contribution in [0.2, 0.25) is 0 Å². The largest absolute Gasteiger partial charge is 0.481 e. The number of amides is 1. The maximum absolute atomic E-state index is 12.1. The third kappa shape index (κ3) is 4.33. The molecule has 0 saturated carbocycles. The predicted octanol–water partition coefficient (Wildman–Crippen LogP) is 1.79. The molecule has 2 heterocycles. The van der Waals surface area contributed by atoms with E-state index in [0.29, 0.717) is 6.54 Å². The summed E-state index contributed by atoms with van der Waals surface area (Å²) < 4.78 is 5.43. The summed E-state index contributed by atoms with van der Waals surface area (Å²) in [4.78, 5) is 26.8. The van der Waals surface area contributed by atoms with Gasteiger partial charge in [0.1, 0.15) is 5.60 Å². The summed E-state index contributed by atoms with van der Waals surface area (Å²) in [7, 11) is 0. The van der Waals surface area contributed by atoms with E-state index in [4.69, 9.17) is 9.84 Å². The number of aliphatic carboxylic acids is 1. The lowest BCUT2D eigenvalue weighted by Crippen LogP contribution is -2.37. The first kappa shape index (κ1) is 16.1. The standard InChI is InChI=1S/C15H26N2O4/c1-14(2,3)21-13(20)17-9-6-15(11-17)5-8-16(10-15)7-4-12(18)19/h4-11H2,1-3H3,(H,18,19). The van der Waals surface area contributed by atoms with Crippen molar-refractivity contribution in [3.8, 4) is 0 Å². The molecule has 0 aromatic heterocycles. The first-order valence-electron chi connectivity index (χ1n) is 7.61. The van der Waals surface area contributed by atoms with Crippen molar-refractivity contribution in [1.29, 1.82) is 0 Å². The molecule has 2 aliphatic rings. The predicted molar refractivity (Wildman–Crippen MR) is 78.2 cm³/mol. The molecule has 120 valence electrons. The molecule has 0 aliphatic carbocycles.